The number of benzene rings is 1. The standard InChI is InChI=1S/C14H16N3S/c1-2-10(1)14-9-18-6-5-17(14)12-4-3-11-8-15-16-13(11)7-12/h3-4,6-8,10,14H,1-2,5,9H2,(H,15,16). The highest BCUT2D eigenvalue weighted by Gasteiger charge is 2.37. The first-order valence-corrected chi connectivity index (χ1v) is 7.60. The average molecular weight is 258 g/mol. The average Bonchev–Trinajstić information content (AvgIpc) is 3.16. The van der Waals surface area contributed by atoms with Crippen LogP contribution in [-0.4, -0.2) is 28.5 Å². The molecule has 1 atom stereocenters. The van der Waals surface area contributed by atoms with Gasteiger partial charge >= 0.3 is 0 Å². The Kier molecular flexibility index (Phi) is 2.50. The Morgan fingerprint density at radius 2 is 2.28 bits per heavy atom. The van der Waals surface area contributed by atoms with Crippen molar-refractivity contribution < 1.29 is 0 Å². The summed E-state index contributed by atoms with van der Waals surface area (Å²) < 4.78 is 0. The van der Waals surface area contributed by atoms with Crippen LogP contribution >= 0.6 is 11.8 Å². The van der Waals surface area contributed by atoms with Gasteiger partial charge in [-0.2, -0.15) is 16.9 Å². The molecule has 4 rings (SSSR count). The predicted octanol–water partition coefficient (Wildman–Crippen LogP) is 3.06. The van der Waals surface area contributed by atoms with Crippen molar-refractivity contribution in [2.45, 2.75) is 18.9 Å². The highest BCUT2D eigenvalue weighted by molar-refractivity contribution is 8.01. The summed E-state index contributed by atoms with van der Waals surface area (Å²) in [6.45, 7) is 1.06. The summed E-state index contributed by atoms with van der Waals surface area (Å²) in [5.74, 6) is 4.49. The lowest BCUT2D eigenvalue weighted by molar-refractivity contribution is 0.591. The number of aromatic nitrogens is 2. The van der Waals surface area contributed by atoms with Gasteiger partial charge in [0.2, 0.25) is 0 Å². The molecule has 1 saturated heterocycles. The second kappa shape index (κ2) is 4.19. The van der Waals surface area contributed by atoms with E-state index in [9.17, 15) is 0 Å². The number of H-pyrrole nitrogens is 1. The van der Waals surface area contributed by atoms with E-state index in [1.165, 1.54) is 29.7 Å². The van der Waals surface area contributed by atoms with Gasteiger partial charge < -0.3 is 4.90 Å². The predicted molar refractivity (Wildman–Crippen MR) is 76.7 cm³/mol. The van der Waals surface area contributed by atoms with Crippen LogP contribution in [0.15, 0.2) is 24.4 Å². The van der Waals surface area contributed by atoms with Gasteiger partial charge in [0.05, 0.1) is 11.7 Å². The number of rotatable bonds is 2. The Bertz CT molecular complexity index is 561. The van der Waals surface area contributed by atoms with Gasteiger partial charge in [-0.3, -0.25) is 5.10 Å². The van der Waals surface area contributed by atoms with Crippen LogP contribution < -0.4 is 4.90 Å². The molecule has 0 amide bonds. The van der Waals surface area contributed by atoms with Gasteiger partial charge in [-0.1, -0.05) is 0 Å². The number of anilines is 1. The van der Waals surface area contributed by atoms with Crippen molar-refractivity contribution in [1.82, 2.24) is 10.2 Å². The molecule has 1 aliphatic carbocycles. The fraction of sp³-hybridized carbons (Fsp3) is 0.429. The molecule has 1 aliphatic heterocycles. The van der Waals surface area contributed by atoms with Crippen LogP contribution in [0.5, 0.6) is 0 Å². The van der Waals surface area contributed by atoms with Gasteiger partial charge in [0, 0.05) is 35.2 Å². The first-order valence-electron chi connectivity index (χ1n) is 6.55. The number of nitrogens with one attached hydrogen (secondary N) is 1. The van der Waals surface area contributed by atoms with E-state index in [-0.39, 0.29) is 0 Å². The van der Waals surface area contributed by atoms with E-state index in [0.29, 0.717) is 0 Å². The Hall–Kier alpha value is -1.16. The van der Waals surface area contributed by atoms with E-state index in [1.54, 1.807) is 0 Å². The molecule has 1 aromatic carbocycles. The van der Waals surface area contributed by atoms with Crippen LogP contribution in [-0.2, 0) is 0 Å². The third kappa shape index (κ3) is 1.79. The zero-order valence-electron chi connectivity index (χ0n) is 10.2. The van der Waals surface area contributed by atoms with E-state index in [1.807, 2.05) is 18.0 Å². The summed E-state index contributed by atoms with van der Waals surface area (Å²) in [5.41, 5.74) is 2.47. The van der Waals surface area contributed by atoms with Gasteiger partial charge in [0.25, 0.3) is 0 Å². The SMILES string of the molecule is [CH]1CN(c2ccc3cn[nH]c3c2)C(C2CC2)CS1. The van der Waals surface area contributed by atoms with Crippen molar-refractivity contribution in [3.05, 3.63) is 30.1 Å². The highest BCUT2D eigenvalue weighted by atomic mass is 32.2. The minimum Gasteiger partial charge on any atom is -0.366 e. The van der Waals surface area contributed by atoms with Crippen molar-refractivity contribution in [2.24, 2.45) is 5.92 Å². The topological polar surface area (TPSA) is 31.9 Å². The molecule has 2 aliphatic rings. The first kappa shape index (κ1) is 10.7. The Morgan fingerprint density at radius 3 is 3.17 bits per heavy atom. The molecular weight excluding hydrogens is 242 g/mol. The van der Waals surface area contributed by atoms with Crippen LogP contribution in [0.2, 0.25) is 0 Å². The molecule has 2 aromatic rings. The van der Waals surface area contributed by atoms with Crippen molar-refractivity contribution in [1.29, 1.82) is 0 Å². The third-order valence-corrected chi connectivity index (χ3v) is 4.90. The lowest BCUT2D eigenvalue weighted by Crippen LogP contribution is -2.42. The Morgan fingerprint density at radius 1 is 1.33 bits per heavy atom. The van der Waals surface area contributed by atoms with Gasteiger partial charge in [-0.15, -0.1) is 0 Å². The molecule has 3 nitrogen and oxygen atoms in total. The summed E-state index contributed by atoms with van der Waals surface area (Å²) in [5, 5.41) is 8.36. The van der Waals surface area contributed by atoms with Crippen LogP contribution in [0.1, 0.15) is 12.8 Å². The molecule has 1 aromatic heterocycles. The van der Waals surface area contributed by atoms with Crippen LogP contribution in [0, 0.1) is 11.7 Å². The quantitative estimate of drug-likeness (QED) is 0.898. The molecule has 2 fully saturated rings. The number of aromatic amines is 1. The normalized spacial score (nSPS) is 24.7. The molecule has 93 valence electrons. The smallest absolute Gasteiger partial charge is 0.0670 e. The molecule has 1 saturated carbocycles. The lowest BCUT2D eigenvalue weighted by Gasteiger charge is -2.37. The number of hydrogen-bond donors (Lipinski definition) is 1. The molecule has 1 N–H and O–H groups in total. The molecule has 4 heteroatoms. The monoisotopic (exact) mass is 258 g/mol. The van der Waals surface area contributed by atoms with Gasteiger partial charge in [-0.05, 0) is 37.0 Å². The molecule has 2 heterocycles. The zero-order valence-corrected chi connectivity index (χ0v) is 11.0. The van der Waals surface area contributed by atoms with Gasteiger partial charge in [0.15, 0.2) is 0 Å². The van der Waals surface area contributed by atoms with Gasteiger partial charge in [0.1, 0.15) is 0 Å². The molecule has 18 heavy (non-hydrogen) atoms. The summed E-state index contributed by atoms with van der Waals surface area (Å²) in [4.78, 5) is 2.56. The lowest BCUT2D eigenvalue weighted by atomic mass is 10.1. The van der Waals surface area contributed by atoms with Crippen LogP contribution in [0.3, 0.4) is 0 Å². The Labute approximate surface area is 111 Å². The highest BCUT2D eigenvalue weighted by Crippen LogP contribution is 2.41. The van der Waals surface area contributed by atoms with E-state index in [0.717, 1.165) is 24.0 Å². The van der Waals surface area contributed by atoms with Crippen molar-refractivity contribution in [2.75, 3.05) is 17.2 Å². The maximum Gasteiger partial charge on any atom is 0.0670 e. The zero-order chi connectivity index (χ0) is 11.9. The van der Waals surface area contributed by atoms with E-state index < -0.39 is 0 Å². The molecule has 1 radical (unpaired) electrons. The third-order valence-electron chi connectivity index (χ3n) is 3.98. The van der Waals surface area contributed by atoms with Crippen molar-refractivity contribution in [3.63, 3.8) is 0 Å². The fourth-order valence-electron chi connectivity index (χ4n) is 2.80. The summed E-state index contributed by atoms with van der Waals surface area (Å²) in [6.07, 6.45) is 4.71. The Balaban J connectivity index is 1.70. The van der Waals surface area contributed by atoms with E-state index in [2.05, 4.69) is 39.0 Å². The first-order chi connectivity index (χ1) is 8.92. The summed E-state index contributed by atoms with van der Waals surface area (Å²) >= 11 is 1.99. The van der Waals surface area contributed by atoms with Crippen LogP contribution in [0.25, 0.3) is 10.9 Å². The number of thioether (sulfide) groups is 1. The molecule has 0 bridgehead atoms. The summed E-state index contributed by atoms with van der Waals surface area (Å²) in [7, 11) is 0. The molecule has 0 spiro atoms. The number of nitrogens with zero attached hydrogens (tertiary/aromatic N) is 2. The van der Waals surface area contributed by atoms with Crippen molar-refractivity contribution in [3.8, 4) is 0 Å². The fourth-order valence-corrected chi connectivity index (χ4v) is 3.85. The minimum absolute atomic E-state index is 0.723. The van der Waals surface area contributed by atoms with Gasteiger partial charge in [-0.25, -0.2) is 0 Å². The summed E-state index contributed by atoms with van der Waals surface area (Å²) in [6, 6.07) is 7.36. The second-order valence-electron chi connectivity index (χ2n) is 5.20. The van der Waals surface area contributed by atoms with Crippen molar-refractivity contribution >= 4 is 28.4 Å². The maximum atomic E-state index is 4.10. The minimum atomic E-state index is 0.723. The molecule has 1 unspecified atom stereocenters. The number of fused-ring (bicyclic) bond motifs is 1. The number of hydrogen-bond acceptors (Lipinski definition) is 3. The molecular formula is C14H16N3S. The van der Waals surface area contributed by atoms with E-state index >= 15 is 0 Å². The second-order valence-corrected chi connectivity index (χ2v) is 6.20. The van der Waals surface area contributed by atoms with Crippen LogP contribution in [0.4, 0.5) is 5.69 Å². The maximum absolute atomic E-state index is 4.10. The largest absolute Gasteiger partial charge is 0.366 e. The van der Waals surface area contributed by atoms with E-state index in [4.69, 9.17) is 0 Å².